The normalized spacial score (nSPS) is 26.5. The van der Waals surface area contributed by atoms with Crippen LogP contribution in [-0.2, 0) is 16.0 Å². The molecule has 5 amide bonds. The Balaban J connectivity index is 1.14. The number of benzene rings is 2. The minimum Gasteiger partial charge on any atom is -0.488 e. The first-order valence-electron chi connectivity index (χ1n) is 17.5. The monoisotopic (exact) mass is 698 g/mol. The molecule has 1 saturated carbocycles. The number of rotatable bonds is 8. The number of nitrogens with zero attached hydrogens (tertiary/aromatic N) is 4. The summed E-state index contributed by atoms with van der Waals surface area (Å²) in [5.74, 6) is -1.46. The smallest absolute Gasteiger partial charge is 0.355 e. The second-order valence-corrected chi connectivity index (χ2v) is 14.9. The topological polar surface area (TPSA) is 146 Å². The van der Waals surface area contributed by atoms with Gasteiger partial charge in [-0.25, -0.2) is 9.59 Å². The van der Waals surface area contributed by atoms with Gasteiger partial charge in [-0.3, -0.25) is 19.4 Å². The molecule has 1 spiro atoms. The molecule has 0 bridgehead atoms. The fraction of sp³-hybridized carbons (Fsp3) is 0.459. The molecule has 2 aromatic carbocycles. The van der Waals surface area contributed by atoms with E-state index in [1.807, 2.05) is 23.1 Å². The van der Waals surface area contributed by atoms with Crippen molar-refractivity contribution in [3.63, 3.8) is 0 Å². The number of imide groups is 1. The standard InChI is InChI=1S/C37H39N5O7S/c43-17-14-39-33(44)24-7-1-2-8-25(24)34(45)41-16-12-22-6-5-11-29(49-23-13-15-40(19-23)35(46)30-18-38-21-50-30)31(22)32(41)28-20-42(28)36(47)26-9-3-4-10-27(26)37(42)48/h3-6,9-11,18,21,23-25,28,32,43H,1-2,7-8,12-17,19-20H2/p+1/t23-,24-,25+,28?,32+/m0/s1. The minimum atomic E-state index is -0.635. The van der Waals surface area contributed by atoms with Crippen molar-refractivity contribution in [3.8, 4) is 5.75 Å². The molecular weight excluding hydrogens is 659 g/mol. The highest BCUT2D eigenvalue weighted by Gasteiger charge is 2.75. The Labute approximate surface area is 293 Å². The molecule has 1 unspecified atom stereocenters. The zero-order valence-corrected chi connectivity index (χ0v) is 28.5. The van der Waals surface area contributed by atoms with Crippen LogP contribution in [0, 0.1) is 11.8 Å². The lowest BCUT2D eigenvalue weighted by molar-refractivity contribution is -0.634. The number of amides is 5. The number of quaternary nitrogens is 1. The summed E-state index contributed by atoms with van der Waals surface area (Å²) in [5, 5.41) is 12.1. The van der Waals surface area contributed by atoms with Gasteiger partial charge in [0, 0.05) is 43.5 Å². The van der Waals surface area contributed by atoms with Gasteiger partial charge in [-0.05, 0) is 43.0 Å². The van der Waals surface area contributed by atoms with Crippen LogP contribution in [0.3, 0.4) is 0 Å². The number of likely N-dealkylation sites (tertiary alicyclic amines) is 1. The maximum Gasteiger partial charge on any atom is 0.355 e. The quantitative estimate of drug-likeness (QED) is 0.208. The van der Waals surface area contributed by atoms with E-state index in [2.05, 4.69) is 10.3 Å². The average molecular weight is 699 g/mol. The van der Waals surface area contributed by atoms with Crippen molar-refractivity contribution in [3.05, 3.63) is 81.3 Å². The fourth-order valence-electron chi connectivity index (χ4n) is 8.79. The van der Waals surface area contributed by atoms with E-state index >= 15 is 0 Å². The fourth-order valence-corrected chi connectivity index (χ4v) is 9.38. The molecule has 13 heteroatoms. The van der Waals surface area contributed by atoms with Gasteiger partial charge in [-0.1, -0.05) is 37.1 Å². The van der Waals surface area contributed by atoms with Gasteiger partial charge in [-0.15, -0.1) is 11.3 Å². The largest absolute Gasteiger partial charge is 0.488 e. The molecule has 1 aromatic heterocycles. The highest BCUT2D eigenvalue weighted by Crippen LogP contribution is 2.53. The number of aromatic nitrogens is 1. The molecule has 12 nitrogen and oxygen atoms in total. The van der Waals surface area contributed by atoms with Crippen LogP contribution in [0.15, 0.2) is 54.2 Å². The number of hydrogen-bond donors (Lipinski definition) is 2. The number of thiazole rings is 1. The minimum absolute atomic E-state index is 0.0801. The molecule has 5 aliphatic rings. The summed E-state index contributed by atoms with van der Waals surface area (Å²) in [7, 11) is 0. The van der Waals surface area contributed by atoms with E-state index in [0.717, 1.165) is 24.0 Å². The lowest BCUT2D eigenvalue weighted by Gasteiger charge is -2.41. The molecule has 3 aromatic rings. The summed E-state index contributed by atoms with van der Waals surface area (Å²) in [6.45, 7) is 1.52. The number of nitrogens with one attached hydrogen (secondary N) is 1. The van der Waals surface area contributed by atoms with Gasteiger partial charge in [0.2, 0.25) is 11.8 Å². The van der Waals surface area contributed by atoms with Crippen molar-refractivity contribution < 1.29 is 38.3 Å². The van der Waals surface area contributed by atoms with Gasteiger partial charge in [0.1, 0.15) is 29.3 Å². The van der Waals surface area contributed by atoms with Gasteiger partial charge in [0.05, 0.1) is 36.0 Å². The zero-order valence-electron chi connectivity index (χ0n) is 27.7. The van der Waals surface area contributed by atoms with E-state index in [1.54, 1.807) is 40.9 Å². The van der Waals surface area contributed by atoms with Crippen LogP contribution in [0.4, 0.5) is 0 Å². The first-order chi connectivity index (χ1) is 24.3. The number of aliphatic hydroxyl groups is 1. The summed E-state index contributed by atoms with van der Waals surface area (Å²) in [4.78, 5) is 77.4. The Morgan fingerprint density at radius 1 is 0.980 bits per heavy atom. The Morgan fingerprint density at radius 3 is 2.46 bits per heavy atom. The maximum atomic E-state index is 14.8. The van der Waals surface area contributed by atoms with E-state index in [4.69, 9.17) is 4.74 Å². The zero-order chi connectivity index (χ0) is 34.6. The van der Waals surface area contributed by atoms with Crippen molar-refractivity contribution in [2.75, 3.05) is 39.3 Å². The predicted molar refractivity (Wildman–Crippen MR) is 181 cm³/mol. The van der Waals surface area contributed by atoms with E-state index < -0.39 is 23.9 Å². The lowest BCUT2D eigenvalue weighted by atomic mass is 9.77. The maximum absolute atomic E-state index is 14.8. The second kappa shape index (κ2) is 13.0. The van der Waals surface area contributed by atoms with Crippen LogP contribution in [0.5, 0.6) is 5.75 Å². The SMILES string of the molecule is O=C(NCCO)[C@H]1CCCC[C@H]1C(=O)N1CCc2cccc(O[C@H]3CCN(C(=O)c4cncs4)C3)c2[C@H]1C1C[N+]12C(=O)c1ccccc1C2=O. The van der Waals surface area contributed by atoms with Crippen molar-refractivity contribution in [2.24, 2.45) is 11.8 Å². The van der Waals surface area contributed by atoms with Crippen LogP contribution >= 0.6 is 11.3 Å². The third-order valence-corrected chi connectivity index (χ3v) is 12.0. The Bertz CT molecular complexity index is 1830. The molecule has 8 rings (SSSR count). The molecule has 4 aliphatic heterocycles. The van der Waals surface area contributed by atoms with Crippen LogP contribution < -0.4 is 10.1 Å². The summed E-state index contributed by atoms with van der Waals surface area (Å²) in [6, 6.07) is 11.6. The first kappa shape index (κ1) is 32.7. The highest BCUT2D eigenvalue weighted by atomic mass is 32.1. The van der Waals surface area contributed by atoms with E-state index in [1.165, 1.54) is 11.3 Å². The number of carbonyl (C=O) groups excluding carboxylic acids is 5. The van der Waals surface area contributed by atoms with Gasteiger partial charge in [-0.2, -0.15) is 4.48 Å². The van der Waals surface area contributed by atoms with Crippen molar-refractivity contribution in [1.29, 1.82) is 0 Å². The predicted octanol–water partition coefficient (Wildman–Crippen LogP) is 2.97. The van der Waals surface area contributed by atoms with Crippen LogP contribution in [-0.4, -0.2) is 105 Å². The molecule has 2 N–H and O–H groups in total. The average Bonchev–Trinajstić information content (AvgIpc) is 3.43. The Kier molecular flexibility index (Phi) is 8.52. The second-order valence-electron chi connectivity index (χ2n) is 14.0. The molecule has 0 radical (unpaired) electrons. The Hall–Kier alpha value is -4.46. The van der Waals surface area contributed by atoms with Crippen molar-refractivity contribution >= 4 is 40.9 Å². The first-order valence-corrected chi connectivity index (χ1v) is 18.4. The summed E-state index contributed by atoms with van der Waals surface area (Å²) >= 11 is 1.30. The molecule has 2 saturated heterocycles. The summed E-state index contributed by atoms with van der Waals surface area (Å²) in [5.41, 5.74) is 4.24. The van der Waals surface area contributed by atoms with Crippen molar-refractivity contribution in [2.45, 2.75) is 56.7 Å². The van der Waals surface area contributed by atoms with Gasteiger partial charge in [0.25, 0.3) is 5.91 Å². The third kappa shape index (κ3) is 5.33. The number of fused-ring (bicyclic) bond motifs is 2. The summed E-state index contributed by atoms with van der Waals surface area (Å²) in [6.07, 6.45) is 5.25. The molecule has 1 aliphatic carbocycles. The number of carbonyl (C=O) groups is 5. The van der Waals surface area contributed by atoms with Crippen molar-refractivity contribution in [1.82, 2.24) is 20.1 Å². The molecule has 5 atom stereocenters. The van der Waals surface area contributed by atoms with E-state index in [0.29, 0.717) is 67.1 Å². The number of ether oxygens (including phenoxy) is 1. The number of aliphatic hydroxyl groups excluding tert-OH is 1. The molecule has 50 heavy (non-hydrogen) atoms. The van der Waals surface area contributed by atoms with Gasteiger partial charge < -0.3 is 25.0 Å². The molecule has 3 fully saturated rings. The molecule has 5 heterocycles. The van der Waals surface area contributed by atoms with E-state index in [9.17, 15) is 29.1 Å². The third-order valence-electron chi connectivity index (χ3n) is 11.3. The number of hydrogen-bond acceptors (Lipinski definition) is 9. The van der Waals surface area contributed by atoms with Crippen LogP contribution in [0.2, 0.25) is 0 Å². The Morgan fingerprint density at radius 2 is 1.74 bits per heavy atom. The van der Waals surface area contributed by atoms with Gasteiger partial charge in [0.15, 0.2) is 6.04 Å². The van der Waals surface area contributed by atoms with Crippen LogP contribution in [0.1, 0.15) is 79.7 Å². The summed E-state index contributed by atoms with van der Waals surface area (Å²) < 4.78 is 6.35. The van der Waals surface area contributed by atoms with E-state index in [-0.39, 0.29) is 59.8 Å². The van der Waals surface area contributed by atoms with Gasteiger partial charge >= 0.3 is 11.8 Å². The highest BCUT2D eigenvalue weighted by molar-refractivity contribution is 7.11. The lowest BCUT2D eigenvalue weighted by Crippen LogP contribution is -2.51. The molecular formula is C37H40N5O7S+. The van der Waals surface area contributed by atoms with Crippen LogP contribution in [0.25, 0.3) is 0 Å². The molecule has 260 valence electrons.